The first-order valence-electron chi connectivity index (χ1n) is 4.27. The number of nitrogens with zero attached hydrogens (tertiary/aromatic N) is 1. The largest absolute Gasteiger partial charge is 0.395 e. The van der Waals surface area contributed by atoms with Gasteiger partial charge in [-0.05, 0) is 19.0 Å². The van der Waals surface area contributed by atoms with Crippen molar-refractivity contribution in [3.05, 3.63) is 0 Å². The Hall–Kier alpha value is -0.120. The number of hydrogen-bond donors (Lipinski definition) is 2. The zero-order chi connectivity index (χ0) is 8.69. The smallest absolute Gasteiger partial charge is 0.0558 e. The van der Waals surface area contributed by atoms with E-state index < -0.39 is 0 Å². The topological polar surface area (TPSA) is 49.5 Å². The van der Waals surface area contributed by atoms with Gasteiger partial charge in [-0.15, -0.1) is 0 Å². The van der Waals surface area contributed by atoms with Crippen LogP contribution in [0.2, 0.25) is 0 Å². The minimum Gasteiger partial charge on any atom is -0.395 e. The molecule has 0 aliphatic carbocycles. The summed E-state index contributed by atoms with van der Waals surface area (Å²) in [6, 6.07) is 0. The van der Waals surface area contributed by atoms with Crippen LogP contribution in [0.25, 0.3) is 0 Å². The molecule has 0 saturated carbocycles. The Balaban J connectivity index is 3.49. The maximum absolute atomic E-state index is 8.68. The van der Waals surface area contributed by atoms with E-state index in [0.717, 1.165) is 26.2 Å². The second kappa shape index (κ2) is 6.58. The monoisotopic (exact) mass is 160 g/mol. The van der Waals surface area contributed by atoms with Gasteiger partial charge in [-0.2, -0.15) is 0 Å². The van der Waals surface area contributed by atoms with Crippen LogP contribution in [0.15, 0.2) is 0 Å². The van der Waals surface area contributed by atoms with Crippen molar-refractivity contribution in [3.63, 3.8) is 0 Å². The predicted octanol–water partition coefficient (Wildman–Crippen LogP) is -0.105. The highest BCUT2D eigenvalue weighted by molar-refractivity contribution is 4.60. The fourth-order valence-corrected chi connectivity index (χ4v) is 1.04. The van der Waals surface area contributed by atoms with E-state index in [1.54, 1.807) is 0 Å². The SMILES string of the molecule is CCN(CCO)CC(C)CN. The third kappa shape index (κ3) is 5.18. The molecule has 11 heavy (non-hydrogen) atoms. The first-order valence-corrected chi connectivity index (χ1v) is 4.27. The van der Waals surface area contributed by atoms with Crippen LogP contribution >= 0.6 is 0 Å². The summed E-state index contributed by atoms with van der Waals surface area (Å²) in [7, 11) is 0. The minimum absolute atomic E-state index is 0.241. The molecule has 0 heterocycles. The van der Waals surface area contributed by atoms with Crippen LogP contribution in [-0.2, 0) is 0 Å². The Labute approximate surface area is 69.2 Å². The van der Waals surface area contributed by atoms with Crippen LogP contribution in [0.3, 0.4) is 0 Å². The summed E-state index contributed by atoms with van der Waals surface area (Å²) in [6.07, 6.45) is 0. The molecule has 0 aromatic carbocycles. The molecule has 1 unspecified atom stereocenters. The number of nitrogens with two attached hydrogens (primary N) is 1. The molecule has 0 bridgehead atoms. The molecule has 68 valence electrons. The molecule has 0 radical (unpaired) electrons. The molecule has 3 N–H and O–H groups in total. The first-order chi connectivity index (χ1) is 5.24. The summed E-state index contributed by atoms with van der Waals surface area (Å²) in [5.74, 6) is 0.529. The van der Waals surface area contributed by atoms with Crippen molar-refractivity contribution in [2.75, 3.05) is 32.8 Å². The molecule has 0 aliphatic rings. The molecule has 1 atom stereocenters. The molecule has 0 amide bonds. The molecular formula is C8H20N2O. The van der Waals surface area contributed by atoms with E-state index in [1.165, 1.54) is 0 Å². The third-order valence-electron chi connectivity index (χ3n) is 1.84. The fourth-order valence-electron chi connectivity index (χ4n) is 1.04. The Bertz CT molecular complexity index is 88.2. The average Bonchev–Trinajstić information content (AvgIpc) is 2.03. The maximum atomic E-state index is 8.68. The van der Waals surface area contributed by atoms with E-state index in [4.69, 9.17) is 10.8 Å². The highest BCUT2D eigenvalue weighted by atomic mass is 16.3. The number of likely N-dealkylation sites (N-methyl/N-ethyl adjacent to an activating group) is 1. The van der Waals surface area contributed by atoms with E-state index in [-0.39, 0.29) is 6.61 Å². The lowest BCUT2D eigenvalue weighted by Crippen LogP contribution is -2.33. The van der Waals surface area contributed by atoms with E-state index in [1.807, 2.05) is 0 Å². The molecule has 0 rings (SSSR count). The predicted molar refractivity (Wildman–Crippen MR) is 47.4 cm³/mol. The van der Waals surface area contributed by atoms with E-state index in [0.29, 0.717) is 5.92 Å². The average molecular weight is 160 g/mol. The lowest BCUT2D eigenvalue weighted by atomic mass is 10.2. The van der Waals surface area contributed by atoms with Crippen molar-refractivity contribution in [2.24, 2.45) is 11.7 Å². The Kier molecular flexibility index (Phi) is 6.51. The summed E-state index contributed by atoms with van der Waals surface area (Å²) in [5, 5.41) is 8.68. The van der Waals surface area contributed by atoms with Gasteiger partial charge in [0.25, 0.3) is 0 Å². The number of hydrogen-bond acceptors (Lipinski definition) is 3. The standard InChI is InChI=1S/C8H20N2O/c1-3-10(4-5-11)7-8(2)6-9/h8,11H,3-7,9H2,1-2H3. The van der Waals surface area contributed by atoms with Gasteiger partial charge in [0.1, 0.15) is 0 Å². The molecule has 0 aromatic heterocycles. The third-order valence-corrected chi connectivity index (χ3v) is 1.84. The molecule has 0 aromatic rings. The fraction of sp³-hybridized carbons (Fsp3) is 1.00. The molecule has 0 spiro atoms. The lowest BCUT2D eigenvalue weighted by Gasteiger charge is -2.22. The molecule has 0 aliphatic heterocycles. The van der Waals surface area contributed by atoms with E-state index >= 15 is 0 Å². The van der Waals surface area contributed by atoms with Crippen molar-refractivity contribution in [1.82, 2.24) is 4.90 Å². The second-order valence-electron chi connectivity index (χ2n) is 2.96. The van der Waals surface area contributed by atoms with Gasteiger partial charge in [0.2, 0.25) is 0 Å². The highest BCUT2D eigenvalue weighted by Crippen LogP contribution is 1.96. The van der Waals surface area contributed by atoms with Gasteiger partial charge in [-0.1, -0.05) is 13.8 Å². The van der Waals surface area contributed by atoms with Gasteiger partial charge < -0.3 is 15.7 Å². The van der Waals surface area contributed by atoms with Crippen molar-refractivity contribution in [3.8, 4) is 0 Å². The Morgan fingerprint density at radius 2 is 2.18 bits per heavy atom. The van der Waals surface area contributed by atoms with E-state index in [2.05, 4.69) is 18.7 Å². The summed E-state index contributed by atoms with van der Waals surface area (Å²) in [4.78, 5) is 2.21. The Morgan fingerprint density at radius 1 is 1.55 bits per heavy atom. The van der Waals surface area contributed by atoms with Gasteiger partial charge in [0.15, 0.2) is 0 Å². The zero-order valence-corrected chi connectivity index (χ0v) is 7.58. The van der Waals surface area contributed by atoms with E-state index in [9.17, 15) is 0 Å². The van der Waals surface area contributed by atoms with Crippen molar-refractivity contribution >= 4 is 0 Å². The van der Waals surface area contributed by atoms with Gasteiger partial charge in [0, 0.05) is 13.1 Å². The molecule has 0 saturated heterocycles. The first kappa shape index (κ1) is 10.9. The normalized spacial score (nSPS) is 13.9. The summed E-state index contributed by atoms with van der Waals surface area (Å²) in [5.41, 5.74) is 5.48. The quantitative estimate of drug-likeness (QED) is 0.570. The van der Waals surface area contributed by atoms with Crippen LogP contribution in [0, 0.1) is 5.92 Å². The number of aliphatic hydroxyl groups excluding tert-OH is 1. The molecule has 3 nitrogen and oxygen atoms in total. The minimum atomic E-state index is 0.241. The zero-order valence-electron chi connectivity index (χ0n) is 7.58. The maximum Gasteiger partial charge on any atom is 0.0558 e. The van der Waals surface area contributed by atoms with Crippen LogP contribution < -0.4 is 5.73 Å². The van der Waals surface area contributed by atoms with Gasteiger partial charge in [-0.25, -0.2) is 0 Å². The van der Waals surface area contributed by atoms with Gasteiger partial charge >= 0.3 is 0 Å². The number of rotatable bonds is 6. The highest BCUT2D eigenvalue weighted by Gasteiger charge is 2.05. The van der Waals surface area contributed by atoms with Crippen LogP contribution in [0.1, 0.15) is 13.8 Å². The van der Waals surface area contributed by atoms with Crippen molar-refractivity contribution < 1.29 is 5.11 Å². The number of aliphatic hydroxyl groups is 1. The van der Waals surface area contributed by atoms with Gasteiger partial charge in [0.05, 0.1) is 6.61 Å². The van der Waals surface area contributed by atoms with Crippen LogP contribution in [-0.4, -0.2) is 42.8 Å². The van der Waals surface area contributed by atoms with Crippen molar-refractivity contribution in [2.45, 2.75) is 13.8 Å². The van der Waals surface area contributed by atoms with Gasteiger partial charge in [-0.3, -0.25) is 0 Å². The lowest BCUT2D eigenvalue weighted by molar-refractivity contribution is 0.186. The van der Waals surface area contributed by atoms with Crippen LogP contribution in [0.4, 0.5) is 0 Å². The summed E-state index contributed by atoms with van der Waals surface area (Å²) < 4.78 is 0. The Morgan fingerprint density at radius 3 is 2.55 bits per heavy atom. The van der Waals surface area contributed by atoms with Crippen LogP contribution in [0.5, 0.6) is 0 Å². The second-order valence-corrected chi connectivity index (χ2v) is 2.96. The summed E-state index contributed by atoms with van der Waals surface area (Å²) >= 11 is 0. The van der Waals surface area contributed by atoms with Crippen molar-refractivity contribution in [1.29, 1.82) is 0 Å². The molecule has 0 fully saturated rings. The molecule has 3 heteroatoms. The molecular weight excluding hydrogens is 140 g/mol. The summed E-state index contributed by atoms with van der Waals surface area (Å²) in [6.45, 7) is 7.94.